The van der Waals surface area contributed by atoms with Gasteiger partial charge in [-0.25, -0.2) is 4.79 Å². The average Bonchev–Trinajstić information content (AvgIpc) is 2.23. The van der Waals surface area contributed by atoms with Crippen LogP contribution >= 0.6 is 11.6 Å². The van der Waals surface area contributed by atoms with Crippen molar-refractivity contribution in [1.29, 1.82) is 0 Å². The molecule has 1 aromatic rings. The van der Waals surface area contributed by atoms with Crippen molar-refractivity contribution >= 4 is 23.3 Å². The molecule has 0 saturated carbocycles. The van der Waals surface area contributed by atoms with E-state index in [2.05, 4.69) is 11.9 Å². The van der Waals surface area contributed by atoms with Gasteiger partial charge in [0.25, 0.3) is 0 Å². The Labute approximate surface area is 113 Å². The standard InChI is InChI=1S/C12H15ClN2O.ClH/c1-4-8-15(3)12(16)14-11-9(2)6-5-7-10(11)13;/h4-7H,1,8H2,2-3H3,(H,14,16);1H. The minimum atomic E-state index is -0.115. The lowest BCUT2D eigenvalue weighted by atomic mass is 10.2. The predicted molar refractivity (Wildman–Crippen MR) is 67.2 cm³/mol. The third-order valence-electron chi connectivity index (χ3n) is 2.30. The van der Waals surface area contributed by atoms with Crippen LogP contribution in [0.15, 0.2) is 30.9 Å². The fourth-order valence-corrected chi connectivity index (χ4v) is 1.59. The van der Waals surface area contributed by atoms with Crippen molar-refractivity contribution in [2.45, 2.75) is 6.92 Å². The second kappa shape index (κ2) is 7.33. The number of urea groups is 1. The van der Waals surface area contributed by atoms with E-state index in [1.807, 2.05) is 19.1 Å². The molecule has 17 heavy (non-hydrogen) atoms. The monoisotopic (exact) mass is 274 g/mol. The van der Waals surface area contributed by atoms with E-state index < -0.39 is 0 Å². The summed E-state index contributed by atoms with van der Waals surface area (Å²) in [5, 5.41) is 3.36. The van der Waals surface area contributed by atoms with E-state index in [1.54, 1.807) is 19.2 Å². The molecule has 0 fully saturated rings. The Morgan fingerprint density at radius 1 is 1.59 bits per heavy atom. The average molecular weight is 275 g/mol. The van der Waals surface area contributed by atoms with Crippen molar-refractivity contribution in [3.05, 3.63) is 41.4 Å². The fraction of sp³-hybridized carbons (Fsp3) is 0.250. The van der Waals surface area contributed by atoms with Gasteiger partial charge in [-0.1, -0.05) is 30.3 Å². The largest absolute Gasteiger partial charge is 1.00 e. The molecule has 5 heteroatoms. The number of nitrogens with one attached hydrogen (secondary N) is 2. The number of rotatable bonds is 3. The zero-order chi connectivity index (χ0) is 12.1. The molecule has 0 aliphatic heterocycles. The molecule has 0 aliphatic carbocycles. The van der Waals surface area contributed by atoms with E-state index in [1.165, 1.54) is 0 Å². The quantitative estimate of drug-likeness (QED) is 0.674. The maximum Gasteiger partial charge on any atom is 0.419 e. The van der Waals surface area contributed by atoms with Crippen LogP contribution in [0.1, 0.15) is 5.56 Å². The first-order valence-electron chi connectivity index (χ1n) is 5.06. The summed E-state index contributed by atoms with van der Waals surface area (Å²) in [5.74, 6) is 0. The number of carbonyl (C=O) groups is 1. The van der Waals surface area contributed by atoms with Crippen LogP contribution in [0, 0.1) is 6.92 Å². The van der Waals surface area contributed by atoms with Crippen LogP contribution < -0.4 is 22.6 Å². The molecule has 94 valence electrons. The Kier molecular flexibility index (Phi) is 6.88. The Bertz CT molecular complexity index is 387. The summed E-state index contributed by atoms with van der Waals surface area (Å²) in [7, 11) is 1.78. The van der Waals surface area contributed by atoms with Crippen LogP contribution in [0.2, 0.25) is 5.02 Å². The molecule has 0 heterocycles. The maximum atomic E-state index is 11.8. The van der Waals surface area contributed by atoms with Crippen molar-refractivity contribution in [2.75, 3.05) is 18.9 Å². The van der Waals surface area contributed by atoms with Gasteiger partial charge in [-0.05, 0) is 24.6 Å². The first kappa shape index (κ1) is 16.0. The van der Waals surface area contributed by atoms with E-state index in [0.717, 1.165) is 5.56 Å². The van der Waals surface area contributed by atoms with E-state index in [-0.39, 0.29) is 18.4 Å². The molecule has 2 N–H and O–H groups in total. The highest BCUT2D eigenvalue weighted by molar-refractivity contribution is 6.33. The number of hydrogen-bond donors (Lipinski definition) is 2. The van der Waals surface area contributed by atoms with E-state index >= 15 is 0 Å². The number of para-hydroxylation sites is 1. The second-order valence-electron chi connectivity index (χ2n) is 3.66. The van der Waals surface area contributed by atoms with Gasteiger partial charge in [0, 0.05) is 0 Å². The van der Waals surface area contributed by atoms with Crippen molar-refractivity contribution in [2.24, 2.45) is 0 Å². The van der Waals surface area contributed by atoms with Gasteiger partial charge in [-0.3, -0.25) is 10.2 Å². The lowest BCUT2D eigenvalue weighted by Gasteiger charge is -2.13. The lowest BCUT2D eigenvalue weighted by molar-refractivity contribution is -0.782. The van der Waals surface area contributed by atoms with Gasteiger partial charge >= 0.3 is 6.03 Å². The van der Waals surface area contributed by atoms with Crippen LogP contribution in [0.5, 0.6) is 0 Å². The Balaban J connectivity index is 0.00000256. The third kappa shape index (κ3) is 4.38. The molecule has 0 spiro atoms. The summed E-state index contributed by atoms with van der Waals surface area (Å²) in [6, 6.07) is 5.40. The van der Waals surface area contributed by atoms with Crippen LogP contribution in [0.25, 0.3) is 0 Å². The van der Waals surface area contributed by atoms with Gasteiger partial charge in [0.1, 0.15) is 6.54 Å². The molecule has 1 atom stereocenters. The maximum absolute atomic E-state index is 11.8. The van der Waals surface area contributed by atoms with Crippen LogP contribution in [-0.4, -0.2) is 19.6 Å². The number of hydrogen-bond acceptors (Lipinski definition) is 1. The van der Waals surface area contributed by atoms with Gasteiger partial charge in [0.15, 0.2) is 0 Å². The molecule has 0 aliphatic rings. The predicted octanol–water partition coefficient (Wildman–Crippen LogP) is -1.11. The highest BCUT2D eigenvalue weighted by Crippen LogP contribution is 2.24. The summed E-state index contributed by atoms with van der Waals surface area (Å²) in [4.78, 5) is 12.5. The van der Waals surface area contributed by atoms with Crippen molar-refractivity contribution in [3.63, 3.8) is 0 Å². The fourth-order valence-electron chi connectivity index (χ4n) is 1.32. The number of quaternary nitrogens is 1. The van der Waals surface area contributed by atoms with Crippen LogP contribution in [0.3, 0.4) is 0 Å². The van der Waals surface area contributed by atoms with Crippen molar-refractivity contribution in [3.8, 4) is 0 Å². The lowest BCUT2D eigenvalue weighted by Crippen LogP contribution is -3.12. The van der Waals surface area contributed by atoms with E-state index in [0.29, 0.717) is 22.2 Å². The molecular formula is C12H16Cl2N2O. The van der Waals surface area contributed by atoms with Gasteiger partial charge in [-0.15, -0.1) is 0 Å². The molecule has 0 bridgehead atoms. The number of amides is 2. The highest BCUT2D eigenvalue weighted by atomic mass is 35.5. The minimum absolute atomic E-state index is 0. The zero-order valence-electron chi connectivity index (χ0n) is 9.89. The second-order valence-corrected chi connectivity index (χ2v) is 4.07. The number of aryl methyl sites for hydroxylation is 1. The van der Waals surface area contributed by atoms with Gasteiger partial charge in [0.05, 0.1) is 17.8 Å². The number of benzene rings is 1. The van der Waals surface area contributed by atoms with Crippen molar-refractivity contribution < 1.29 is 22.1 Å². The summed E-state index contributed by atoms with van der Waals surface area (Å²) < 4.78 is 0. The van der Waals surface area contributed by atoms with Crippen molar-refractivity contribution in [1.82, 2.24) is 0 Å². The number of carbonyl (C=O) groups excluding carboxylic acids is 1. The van der Waals surface area contributed by atoms with Crippen LogP contribution in [-0.2, 0) is 0 Å². The number of halogens is 2. The van der Waals surface area contributed by atoms with Gasteiger partial charge in [0.2, 0.25) is 0 Å². The molecule has 0 radical (unpaired) electrons. The first-order chi connectivity index (χ1) is 7.56. The molecule has 1 rings (SSSR count). The smallest absolute Gasteiger partial charge is 0.419 e. The summed E-state index contributed by atoms with van der Waals surface area (Å²) >= 11 is 6.01. The normalized spacial score (nSPS) is 11.2. The zero-order valence-corrected chi connectivity index (χ0v) is 11.4. The van der Waals surface area contributed by atoms with E-state index in [4.69, 9.17) is 11.6 Å². The number of likely N-dealkylation sites (N-methyl/N-ethyl adjacent to an activating group) is 1. The third-order valence-corrected chi connectivity index (χ3v) is 2.61. The van der Waals surface area contributed by atoms with Crippen LogP contribution in [0.4, 0.5) is 10.5 Å². The highest BCUT2D eigenvalue weighted by Gasteiger charge is 2.15. The molecule has 3 nitrogen and oxygen atoms in total. The minimum Gasteiger partial charge on any atom is -1.00 e. The van der Waals surface area contributed by atoms with Gasteiger partial charge in [-0.2, -0.15) is 0 Å². The summed E-state index contributed by atoms with van der Waals surface area (Å²) in [5.41, 5.74) is 1.63. The Morgan fingerprint density at radius 2 is 2.24 bits per heavy atom. The molecule has 0 saturated heterocycles. The topological polar surface area (TPSA) is 33.5 Å². The Morgan fingerprint density at radius 3 is 2.76 bits per heavy atom. The van der Waals surface area contributed by atoms with E-state index in [9.17, 15) is 4.79 Å². The molecule has 1 aromatic carbocycles. The summed E-state index contributed by atoms with van der Waals surface area (Å²) in [6.07, 6.45) is 1.70. The SMILES string of the molecule is C=CC[NH+](C)C(=O)Nc1c(C)cccc1Cl.[Cl-]. The molecule has 2 amide bonds. The molecule has 0 aromatic heterocycles. The summed E-state index contributed by atoms with van der Waals surface area (Å²) in [6.45, 7) is 6.08. The molecular weight excluding hydrogens is 259 g/mol. The first-order valence-corrected chi connectivity index (χ1v) is 5.44. The van der Waals surface area contributed by atoms with Gasteiger partial charge < -0.3 is 12.4 Å². The number of anilines is 1. The molecule has 1 unspecified atom stereocenters. The Hall–Kier alpha value is -1.03.